The highest BCUT2D eigenvalue weighted by atomic mass is 32.2. The topological polar surface area (TPSA) is 95.3 Å². The van der Waals surface area contributed by atoms with Gasteiger partial charge in [0, 0.05) is 44.8 Å². The van der Waals surface area contributed by atoms with Crippen molar-refractivity contribution in [1.29, 1.82) is 0 Å². The Morgan fingerprint density at radius 1 is 1.08 bits per heavy atom. The third kappa shape index (κ3) is 6.68. The van der Waals surface area contributed by atoms with E-state index in [4.69, 9.17) is 14.5 Å². The van der Waals surface area contributed by atoms with Crippen LogP contribution < -0.4 is 10.1 Å². The highest BCUT2D eigenvalue weighted by molar-refractivity contribution is 7.90. The molecule has 2 heterocycles. The van der Waals surface area contributed by atoms with Crippen LogP contribution >= 0.6 is 0 Å². The van der Waals surface area contributed by atoms with Crippen molar-refractivity contribution in [3.05, 3.63) is 66.4 Å². The van der Waals surface area contributed by atoms with Gasteiger partial charge in [-0.05, 0) is 62.5 Å². The second-order valence-electron chi connectivity index (χ2n) is 10.7. The molecular weight excluding hydrogens is 516 g/mol. The van der Waals surface area contributed by atoms with E-state index in [9.17, 15) is 8.42 Å². The lowest BCUT2D eigenvalue weighted by Crippen LogP contribution is -2.22. The van der Waals surface area contributed by atoms with Crippen LogP contribution in [0.25, 0.3) is 22.6 Å². The summed E-state index contributed by atoms with van der Waals surface area (Å²) in [6.07, 6.45) is 2.95. The number of rotatable bonds is 11. The molecule has 0 aliphatic rings. The molecule has 4 rings (SSSR count). The first-order chi connectivity index (χ1) is 18.0. The zero-order chi connectivity index (χ0) is 27.5. The van der Waals surface area contributed by atoms with Crippen molar-refractivity contribution in [3.8, 4) is 23.0 Å². The van der Waals surface area contributed by atoms with Crippen molar-refractivity contribution >= 4 is 28.9 Å². The third-order valence-corrected chi connectivity index (χ3v) is 9.20. The van der Waals surface area contributed by atoms with Gasteiger partial charge in [0.05, 0.1) is 15.9 Å². The van der Waals surface area contributed by atoms with Gasteiger partial charge >= 0.3 is 0 Å². The Morgan fingerprint density at radius 2 is 1.82 bits per heavy atom. The molecule has 4 aromatic rings. The second-order valence-corrected chi connectivity index (χ2v) is 18.3. The number of hydrogen-bond acceptors (Lipinski definition) is 7. The van der Waals surface area contributed by atoms with Gasteiger partial charge in [0.1, 0.15) is 23.9 Å². The van der Waals surface area contributed by atoms with Crippen molar-refractivity contribution in [3.63, 3.8) is 0 Å². The molecule has 1 unspecified atom stereocenters. The number of nitrogens with zero attached hydrogens (tertiary/aromatic N) is 3. The van der Waals surface area contributed by atoms with Gasteiger partial charge < -0.3 is 14.8 Å². The van der Waals surface area contributed by atoms with Crippen molar-refractivity contribution < 1.29 is 17.9 Å². The Kier molecular flexibility index (Phi) is 8.36. The minimum atomic E-state index is -3.29. The van der Waals surface area contributed by atoms with Crippen LogP contribution in [0.2, 0.25) is 25.7 Å². The van der Waals surface area contributed by atoms with Crippen LogP contribution in [0.15, 0.2) is 65.7 Å². The van der Waals surface area contributed by atoms with E-state index in [1.807, 2.05) is 31.3 Å². The van der Waals surface area contributed by atoms with Crippen molar-refractivity contribution in [2.24, 2.45) is 0 Å². The maximum absolute atomic E-state index is 11.9. The fourth-order valence-electron chi connectivity index (χ4n) is 3.99. The third-order valence-electron chi connectivity index (χ3n) is 6.37. The fraction of sp³-hybridized carbons (Fsp3) is 0.357. The van der Waals surface area contributed by atoms with Crippen molar-refractivity contribution in [2.45, 2.75) is 50.3 Å². The largest absolute Gasteiger partial charge is 0.457 e. The molecule has 0 fully saturated rings. The van der Waals surface area contributed by atoms with E-state index >= 15 is 0 Å². The number of hydrogen-bond donors (Lipinski definition) is 1. The predicted octanol–water partition coefficient (Wildman–Crippen LogP) is 5.89. The number of benzene rings is 2. The lowest BCUT2D eigenvalue weighted by molar-refractivity contribution is 0.0909. The average Bonchev–Trinajstić information content (AvgIpc) is 3.22. The van der Waals surface area contributed by atoms with Crippen LogP contribution in [0.4, 0.5) is 0 Å². The Hall–Kier alpha value is -3.05. The average molecular weight is 553 g/mol. The van der Waals surface area contributed by atoms with Crippen LogP contribution in [0.3, 0.4) is 0 Å². The predicted molar refractivity (Wildman–Crippen MR) is 154 cm³/mol. The zero-order valence-corrected chi connectivity index (χ0v) is 24.7. The van der Waals surface area contributed by atoms with Gasteiger partial charge in [-0.1, -0.05) is 25.7 Å². The highest BCUT2D eigenvalue weighted by Gasteiger charge is 2.20. The molecule has 0 spiro atoms. The fourth-order valence-corrected chi connectivity index (χ4v) is 5.37. The molecule has 10 heteroatoms. The lowest BCUT2D eigenvalue weighted by Gasteiger charge is -2.18. The Morgan fingerprint density at radius 3 is 2.42 bits per heavy atom. The molecule has 0 saturated carbocycles. The zero-order valence-electron chi connectivity index (χ0n) is 22.9. The molecule has 2 aromatic heterocycles. The highest BCUT2D eigenvalue weighted by Crippen LogP contribution is 2.35. The summed E-state index contributed by atoms with van der Waals surface area (Å²) in [5.41, 5.74) is 3.40. The summed E-state index contributed by atoms with van der Waals surface area (Å²) in [6, 6.07) is 17.3. The van der Waals surface area contributed by atoms with Crippen LogP contribution in [-0.4, -0.2) is 50.9 Å². The molecule has 0 radical (unpaired) electrons. The number of imidazole rings is 1. The first kappa shape index (κ1) is 28.0. The van der Waals surface area contributed by atoms with E-state index in [2.05, 4.69) is 47.5 Å². The molecule has 0 aliphatic heterocycles. The van der Waals surface area contributed by atoms with Gasteiger partial charge in [0.2, 0.25) is 0 Å². The summed E-state index contributed by atoms with van der Waals surface area (Å²) in [4.78, 5) is 9.72. The van der Waals surface area contributed by atoms with Crippen LogP contribution in [0.1, 0.15) is 18.5 Å². The molecule has 0 aliphatic carbocycles. The molecule has 0 saturated heterocycles. The van der Waals surface area contributed by atoms with Crippen LogP contribution in [0, 0.1) is 0 Å². The smallest absolute Gasteiger partial charge is 0.175 e. The molecule has 38 heavy (non-hydrogen) atoms. The summed E-state index contributed by atoms with van der Waals surface area (Å²) in [5, 5.41) is 3.30. The molecule has 1 atom stereocenters. The first-order valence-electron chi connectivity index (χ1n) is 12.6. The first-order valence-corrected chi connectivity index (χ1v) is 18.2. The van der Waals surface area contributed by atoms with E-state index in [-0.39, 0.29) is 10.9 Å². The van der Waals surface area contributed by atoms with Gasteiger partial charge in [0.15, 0.2) is 15.7 Å². The van der Waals surface area contributed by atoms with E-state index in [0.29, 0.717) is 24.8 Å². The standard InChI is InChI=1S/C28H36N4O4SSi/c1-20(29-2)23-17-26-25(18-27(23)36-21-10-12-22(13-11-21)37(3,33)34)31-28(24-9-7-8-14-30-24)32(26)19-35-15-16-38(4,5)6/h7-14,17-18,20,29H,15-16,19H2,1-6H3. The Labute approximate surface area is 226 Å². The van der Waals surface area contributed by atoms with E-state index in [1.54, 1.807) is 30.5 Å². The maximum Gasteiger partial charge on any atom is 0.175 e. The lowest BCUT2D eigenvalue weighted by atomic mass is 10.1. The van der Waals surface area contributed by atoms with E-state index in [0.717, 1.165) is 34.2 Å². The van der Waals surface area contributed by atoms with Gasteiger partial charge in [0.25, 0.3) is 0 Å². The Bertz CT molecular complexity index is 1500. The van der Waals surface area contributed by atoms with Crippen molar-refractivity contribution in [2.75, 3.05) is 19.9 Å². The number of fused-ring (bicyclic) bond motifs is 1. The van der Waals surface area contributed by atoms with Gasteiger partial charge in [-0.2, -0.15) is 0 Å². The summed E-state index contributed by atoms with van der Waals surface area (Å²) in [7, 11) is -2.61. The maximum atomic E-state index is 11.9. The number of sulfone groups is 1. The second kappa shape index (κ2) is 11.4. The van der Waals surface area contributed by atoms with Crippen LogP contribution in [0.5, 0.6) is 11.5 Å². The van der Waals surface area contributed by atoms with E-state index in [1.165, 1.54) is 6.26 Å². The summed E-state index contributed by atoms with van der Waals surface area (Å²) in [5.74, 6) is 1.91. The van der Waals surface area contributed by atoms with Gasteiger partial charge in [-0.3, -0.25) is 9.55 Å². The quantitative estimate of drug-likeness (QED) is 0.183. The molecule has 2 aromatic carbocycles. The number of nitrogens with one attached hydrogen (secondary N) is 1. The van der Waals surface area contributed by atoms with E-state index < -0.39 is 17.9 Å². The normalized spacial score (nSPS) is 13.1. The van der Waals surface area contributed by atoms with Gasteiger partial charge in [-0.15, -0.1) is 0 Å². The van der Waals surface area contributed by atoms with Crippen molar-refractivity contribution in [1.82, 2.24) is 19.9 Å². The summed E-state index contributed by atoms with van der Waals surface area (Å²) in [6.45, 7) is 10.1. The minimum Gasteiger partial charge on any atom is -0.457 e. The van der Waals surface area contributed by atoms with Gasteiger partial charge in [-0.25, -0.2) is 13.4 Å². The molecule has 202 valence electrons. The molecule has 0 bridgehead atoms. The molecular formula is C28H36N4O4SSi. The SMILES string of the molecule is CNC(C)c1cc2c(cc1Oc1ccc(S(C)(=O)=O)cc1)nc(-c1ccccn1)n2COCC[Si](C)(C)C. The van der Waals surface area contributed by atoms with Crippen LogP contribution in [-0.2, 0) is 21.3 Å². The summed E-state index contributed by atoms with van der Waals surface area (Å²) >= 11 is 0. The molecule has 8 nitrogen and oxygen atoms in total. The minimum absolute atomic E-state index is 0.0147. The molecule has 1 N–H and O–H groups in total. The number of ether oxygens (including phenoxy) is 2. The monoisotopic (exact) mass is 552 g/mol. The number of aromatic nitrogens is 3. The number of pyridine rings is 1. The summed E-state index contributed by atoms with van der Waals surface area (Å²) < 4.78 is 38.2. The molecule has 0 amide bonds. The Balaban J connectivity index is 1.77.